The average molecular weight is 298 g/mol. The Kier molecular flexibility index (Phi) is 6.17. The normalized spacial score (nSPS) is 15.3. The van der Waals surface area contributed by atoms with Gasteiger partial charge in [0.1, 0.15) is 0 Å². The topological polar surface area (TPSA) is 49.4 Å². The van der Waals surface area contributed by atoms with Crippen LogP contribution in [0.25, 0.3) is 0 Å². The maximum atomic E-state index is 11.4. The van der Waals surface area contributed by atoms with E-state index in [1.165, 1.54) is 6.26 Å². The number of benzene rings is 1. The minimum atomic E-state index is -3.11. The molecular formula is C15H26N2O2S. The lowest BCUT2D eigenvalue weighted by atomic mass is 10.1. The van der Waals surface area contributed by atoms with E-state index in [4.69, 9.17) is 0 Å². The van der Waals surface area contributed by atoms with Gasteiger partial charge in [0.05, 0.1) is 4.90 Å². The molecule has 1 aromatic carbocycles. The lowest BCUT2D eigenvalue weighted by Gasteiger charge is -2.22. The zero-order chi connectivity index (χ0) is 15.3. The van der Waals surface area contributed by atoms with Gasteiger partial charge in [0.25, 0.3) is 0 Å². The molecule has 1 aromatic rings. The fourth-order valence-electron chi connectivity index (χ4n) is 2.06. The summed E-state index contributed by atoms with van der Waals surface area (Å²) < 4.78 is 22.8. The second-order valence-electron chi connectivity index (χ2n) is 5.72. The molecule has 0 spiro atoms. The molecule has 0 saturated heterocycles. The molecule has 0 aromatic heterocycles. The predicted octanol–water partition coefficient (Wildman–Crippen LogP) is 2.08. The van der Waals surface area contributed by atoms with Crippen LogP contribution in [0.3, 0.4) is 0 Å². The molecule has 1 N–H and O–H groups in total. The smallest absolute Gasteiger partial charge is 0.175 e. The monoisotopic (exact) mass is 298 g/mol. The van der Waals surface area contributed by atoms with Crippen LogP contribution >= 0.6 is 0 Å². The molecule has 0 aliphatic carbocycles. The Bertz CT molecular complexity index is 509. The van der Waals surface area contributed by atoms with E-state index in [1.54, 1.807) is 12.1 Å². The molecular weight excluding hydrogens is 272 g/mol. The fourth-order valence-corrected chi connectivity index (χ4v) is 2.69. The highest BCUT2D eigenvalue weighted by atomic mass is 32.2. The third kappa shape index (κ3) is 5.61. The van der Waals surface area contributed by atoms with Gasteiger partial charge in [-0.3, -0.25) is 0 Å². The molecule has 0 amide bonds. The largest absolute Gasteiger partial charge is 0.309 e. The number of hydrogen-bond donors (Lipinski definition) is 1. The van der Waals surface area contributed by atoms with Gasteiger partial charge in [-0.2, -0.15) is 0 Å². The first-order chi connectivity index (χ1) is 9.20. The van der Waals surface area contributed by atoms with Crippen molar-refractivity contribution in [2.45, 2.75) is 37.2 Å². The van der Waals surface area contributed by atoms with Crippen LogP contribution in [-0.2, 0) is 9.84 Å². The Morgan fingerprint density at radius 2 is 1.70 bits per heavy atom. The minimum absolute atomic E-state index is 0.209. The van der Waals surface area contributed by atoms with Crippen LogP contribution in [0.15, 0.2) is 29.2 Å². The van der Waals surface area contributed by atoms with E-state index in [0.29, 0.717) is 10.9 Å². The number of nitrogens with one attached hydrogen (secondary N) is 1. The number of rotatable bonds is 7. The summed E-state index contributed by atoms with van der Waals surface area (Å²) in [6.45, 7) is 5.32. The van der Waals surface area contributed by atoms with Crippen molar-refractivity contribution < 1.29 is 8.42 Å². The van der Waals surface area contributed by atoms with Crippen LogP contribution in [0.2, 0.25) is 0 Å². The van der Waals surface area contributed by atoms with E-state index < -0.39 is 9.84 Å². The summed E-state index contributed by atoms with van der Waals surface area (Å²) in [6, 6.07) is 7.74. The Hall–Kier alpha value is -0.910. The highest BCUT2D eigenvalue weighted by Gasteiger charge is 2.11. The van der Waals surface area contributed by atoms with E-state index in [-0.39, 0.29) is 6.04 Å². The molecule has 114 valence electrons. The van der Waals surface area contributed by atoms with E-state index in [2.05, 4.69) is 38.2 Å². The highest BCUT2D eigenvalue weighted by molar-refractivity contribution is 7.90. The van der Waals surface area contributed by atoms with E-state index in [1.807, 2.05) is 12.1 Å². The lowest BCUT2D eigenvalue weighted by Crippen LogP contribution is -2.31. The number of nitrogens with zero attached hydrogens (tertiary/aromatic N) is 1. The standard InChI is InChI=1S/C15H26N2O2S/c1-12(10-11-17(3)4)16-13(2)14-6-8-15(9-7-14)20(5,18)19/h6-9,12-13,16H,10-11H2,1-5H3. The molecule has 2 unspecified atom stereocenters. The Labute approximate surface area is 123 Å². The molecule has 1 rings (SSSR count). The van der Waals surface area contributed by atoms with Gasteiger partial charge < -0.3 is 10.2 Å². The van der Waals surface area contributed by atoms with Gasteiger partial charge in [0.2, 0.25) is 0 Å². The van der Waals surface area contributed by atoms with Crippen LogP contribution in [0.5, 0.6) is 0 Å². The average Bonchev–Trinajstić information content (AvgIpc) is 2.35. The molecule has 0 saturated carbocycles. The van der Waals surface area contributed by atoms with Crippen LogP contribution in [0.1, 0.15) is 31.9 Å². The first-order valence-corrected chi connectivity index (χ1v) is 8.80. The van der Waals surface area contributed by atoms with Gasteiger partial charge in [0.15, 0.2) is 9.84 Å². The molecule has 0 heterocycles. The van der Waals surface area contributed by atoms with E-state index in [9.17, 15) is 8.42 Å². The third-order valence-corrected chi connectivity index (χ3v) is 4.48. The van der Waals surface area contributed by atoms with Gasteiger partial charge in [-0.1, -0.05) is 12.1 Å². The van der Waals surface area contributed by atoms with Crippen molar-refractivity contribution in [2.75, 3.05) is 26.9 Å². The first-order valence-electron chi connectivity index (χ1n) is 6.91. The summed E-state index contributed by atoms with van der Waals surface area (Å²) in [6.07, 6.45) is 2.31. The molecule has 20 heavy (non-hydrogen) atoms. The molecule has 5 heteroatoms. The zero-order valence-corrected chi connectivity index (χ0v) is 13.9. The highest BCUT2D eigenvalue weighted by Crippen LogP contribution is 2.17. The minimum Gasteiger partial charge on any atom is -0.309 e. The predicted molar refractivity (Wildman–Crippen MR) is 83.7 cm³/mol. The van der Waals surface area contributed by atoms with Gasteiger partial charge in [0, 0.05) is 18.3 Å². The fraction of sp³-hybridized carbons (Fsp3) is 0.600. The Morgan fingerprint density at radius 3 is 2.15 bits per heavy atom. The zero-order valence-electron chi connectivity index (χ0n) is 13.1. The van der Waals surface area contributed by atoms with Crippen LogP contribution in [0.4, 0.5) is 0 Å². The van der Waals surface area contributed by atoms with Gasteiger partial charge in [-0.15, -0.1) is 0 Å². The molecule has 0 radical (unpaired) electrons. The SMILES string of the molecule is CC(CCN(C)C)NC(C)c1ccc(S(C)(=O)=O)cc1. The van der Waals surface area contributed by atoms with Crippen molar-refractivity contribution in [3.63, 3.8) is 0 Å². The first kappa shape index (κ1) is 17.1. The summed E-state index contributed by atoms with van der Waals surface area (Å²) in [5, 5.41) is 3.53. The lowest BCUT2D eigenvalue weighted by molar-refractivity contribution is 0.354. The summed E-state index contributed by atoms with van der Waals surface area (Å²) >= 11 is 0. The maximum Gasteiger partial charge on any atom is 0.175 e. The quantitative estimate of drug-likeness (QED) is 0.837. The second kappa shape index (κ2) is 7.20. The molecule has 0 aliphatic heterocycles. The van der Waals surface area contributed by atoms with Gasteiger partial charge in [-0.25, -0.2) is 8.42 Å². The maximum absolute atomic E-state index is 11.4. The van der Waals surface area contributed by atoms with Crippen LogP contribution in [0, 0.1) is 0 Å². The van der Waals surface area contributed by atoms with Crippen molar-refractivity contribution in [1.82, 2.24) is 10.2 Å². The van der Waals surface area contributed by atoms with E-state index >= 15 is 0 Å². The van der Waals surface area contributed by atoms with Crippen molar-refractivity contribution in [3.8, 4) is 0 Å². The summed E-state index contributed by atoms with van der Waals surface area (Å²) in [5.74, 6) is 0. The molecule has 0 fully saturated rings. The number of hydrogen-bond acceptors (Lipinski definition) is 4. The Balaban J connectivity index is 2.62. The summed E-state index contributed by atoms with van der Waals surface area (Å²) in [5.41, 5.74) is 1.11. The van der Waals surface area contributed by atoms with Crippen molar-refractivity contribution in [2.24, 2.45) is 0 Å². The van der Waals surface area contributed by atoms with Crippen LogP contribution in [-0.4, -0.2) is 46.3 Å². The van der Waals surface area contributed by atoms with Crippen LogP contribution < -0.4 is 5.32 Å². The van der Waals surface area contributed by atoms with E-state index in [0.717, 1.165) is 18.5 Å². The van der Waals surface area contributed by atoms with Gasteiger partial charge >= 0.3 is 0 Å². The number of sulfone groups is 1. The summed E-state index contributed by atoms with van der Waals surface area (Å²) in [7, 11) is 1.03. The summed E-state index contributed by atoms with van der Waals surface area (Å²) in [4.78, 5) is 2.54. The van der Waals surface area contributed by atoms with Crippen molar-refractivity contribution in [3.05, 3.63) is 29.8 Å². The Morgan fingerprint density at radius 1 is 1.15 bits per heavy atom. The molecule has 0 bridgehead atoms. The van der Waals surface area contributed by atoms with Crippen molar-refractivity contribution in [1.29, 1.82) is 0 Å². The molecule has 0 aliphatic rings. The molecule has 2 atom stereocenters. The third-order valence-electron chi connectivity index (χ3n) is 3.35. The second-order valence-corrected chi connectivity index (χ2v) is 7.74. The van der Waals surface area contributed by atoms with Gasteiger partial charge in [-0.05, 0) is 58.6 Å². The molecule has 4 nitrogen and oxygen atoms in total. The van der Waals surface area contributed by atoms with Crippen molar-refractivity contribution >= 4 is 9.84 Å².